The lowest BCUT2D eigenvalue weighted by molar-refractivity contribution is -0.134. The van der Waals surface area contributed by atoms with Gasteiger partial charge >= 0.3 is 0 Å². The van der Waals surface area contributed by atoms with Crippen LogP contribution in [-0.4, -0.2) is 63.2 Å². The molecule has 7 nitrogen and oxygen atoms in total. The Morgan fingerprint density at radius 1 is 1.08 bits per heavy atom. The first kappa shape index (κ1) is 18.8. The number of sulfonamides is 1. The number of rotatable bonds is 4. The number of carbonyl (C=O) groups is 2. The van der Waals surface area contributed by atoms with Crippen molar-refractivity contribution in [3.63, 3.8) is 0 Å². The lowest BCUT2D eigenvalue weighted by Gasteiger charge is -2.31. The largest absolute Gasteiger partial charge is 0.349 e. The molecule has 0 spiro atoms. The van der Waals surface area contributed by atoms with Crippen molar-refractivity contribution in [2.75, 3.05) is 38.6 Å². The Bertz CT molecular complexity index is 781. The molecule has 26 heavy (non-hydrogen) atoms. The van der Waals surface area contributed by atoms with Crippen LogP contribution in [0.3, 0.4) is 0 Å². The maximum atomic E-state index is 12.8. The van der Waals surface area contributed by atoms with Crippen molar-refractivity contribution in [2.45, 2.75) is 30.6 Å². The summed E-state index contributed by atoms with van der Waals surface area (Å²) in [7, 11) is -0.140. The summed E-state index contributed by atoms with van der Waals surface area (Å²) in [5.74, 6) is 0.0231. The third-order valence-corrected chi connectivity index (χ3v) is 7.02. The Morgan fingerprint density at radius 3 is 2.19 bits per heavy atom. The highest BCUT2D eigenvalue weighted by atomic mass is 32.2. The van der Waals surface area contributed by atoms with E-state index in [1.54, 1.807) is 48.2 Å². The van der Waals surface area contributed by atoms with E-state index in [1.165, 1.54) is 4.31 Å². The van der Waals surface area contributed by atoms with Gasteiger partial charge in [-0.15, -0.1) is 0 Å². The summed E-state index contributed by atoms with van der Waals surface area (Å²) in [6.07, 6.45) is 2.45. The van der Waals surface area contributed by atoms with E-state index in [0.717, 1.165) is 12.1 Å². The van der Waals surface area contributed by atoms with Crippen LogP contribution in [-0.2, 0) is 19.6 Å². The van der Waals surface area contributed by atoms with Gasteiger partial charge in [-0.05, 0) is 43.5 Å². The molecule has 0 saturated carbocycles. The first-order valence-electron chi connectivity index (χ1n) is 8.92. The molecule has 1 aromatic carbocycles. The molecule has 2 heterocycles. The quantitative estimate of drug-likeness (QED) is 0.790. The number of piperidine rings is 1. The SMILES string of the molecule is CN(C)C(=O)C1CCN(S(=O)(=O)c2ccc(N3CCCC3=O)cc2)CC1. The van der Waals surface area contributed by atoms with E-state index in [0.29, 0.717) is 38.9 Å². The summed E-state index contributed by atoms with van der Waals surface area (Å²) >= 11 is 0. The number of anilines is 1. The molecule has 0 aromatic heterocycles. The van der Waals surface area contributed by atoms with Gasteiger partial charge in [-0.3, -0.25) is 9.59 Å². The molecule has 0 radical (unpaired) electrons. The van der Waals surface area contributed by atoms with Crippen molar-refractivity contribution in [3.8, 4) is 0 Å². The number of nitrogens with zero attached hydrogens (tertiary/aromatic N) is 3. The van der Waals surface area contributed by atoms with Gasteiger partial charge in [0.25, 0.3) is 0 Å². The van der Waals surface area contributed by atoms with Gasteiger partial charge in [-0.1, -0.05) is 0 Å². The van der Waals surface area contributed by atoms with E-state index in [1.807, 2.05) is 0 Å². The van der Waals surface area contributed by atoms with Crippen molar-refractivity contribution in [2.24, 2.45) is 5.92 Å². The number of amides is 2. The summed E-state index contributed by atoms with van der Waals surface area (Å²) in [4.78, 5) is 27.3. The third-order valence-electron chi connectivity index (χ3n) is 5.10. The van der Waals surface area contributed by atoms with Crippen LogP contribution in [0.4, 0.5) is 5.69 Å². The van der Waals surface area contributed by atoms with E-state index < -0.39 is 10.0 Å². The van der Waals surface area contributed by atoms with E-state index in [2.05, 4.69) is 0 Å². The van der Waals surface area contributed by atoms with Crippen LogP contribution in [0.1, 0.15) is 25.7 Å². The first-order chi connectivity index (χ1) is 12.3. The maximum absolute atomic E-state index is 12.8. The summed E-state index contributed by atoms with van der Waals surface area (Å²) < 4.78 is 27.1. The second-order valence-corrected chi connectivity index (χ2v) is 8.99. The van der Waals surface area contributed by atoms with Gasteiger partial charge in [0.1, 0.15) is 0 Å². The zero-order valence-corrected chi connectivity index (χ0v) is 16.0. The Balaban J connectivity index is 1.69. The fraction of sp³-hybridized carbons (Fsp3) is 0.556. The second-order valence-electron chi connectivity index (χ2n) is 7.05. The predicted octanol–water partition coefficient (Wildman–Crippen LogP) is 1.30. The fourth-order valence-electron chi connectivity index (χ4n) is 3.58. The van der Waals surface area contributed by atoms with Gasteiger partial charge < -0.3 is 9.80 Å². The Labute approximate surface area is 154 Å². The molecule has 0 N–H and O–H groups in total. The van der Waals surface area contributed by atoms with Crippen molar-refractivity contribution >= 4 is 27.5 Å². The van der Waals surface area contributed by atoms with Gasteiger partial charge in [0.2, 0.25) is 21.8 Å². The van der Waals surface area contributed by atoms with Crippen molar-refractivity contribution in [1.29, 1.82) is 0 Å². The van der Waals surface area contributed by atoms with Gasteiger partial charge in [0.05, 0.1) is 4.90 Å². The van der Waals surface area contributed by atoms with Crippen molar-refractivity contribution < 1.29 is 18.0 Å². The van der Waals surface area contributed by atoms with Gasteiger partial charge in [0.15, 0.2) is 0 Å². The minimum atomic E-state index is -3.58. The van der Waals surface area contributed by atoms with Crippen molar-refractivity contribution in [1.82, 2.24) is 9.21 Å². The Hall–Kier alpha value is -1.93. The standard InChI is InChI=1S/C18H25N3O4S/c1-19(2)18(23)14-9-12-20(13-10-14)26(24,25)16-7-5-15(6-8-16)21-11-3-4-17(21)22/h5-8,14H,3-4,9-13H2,1-2H3. The van der Waals surface area contributed by atoms with Crippen LogP contribution in [0.5, 0.6) is 0 Å². The lowest BCUT2D eigenvalue weighted by atomic mass is 9.97. The predicted molar refractivity (Wildman–Crippen MR) is 98.2 cm³/mol. The minimum Gasteiger partial charge on any atom is -0.349 e. The molecule has 2 fully saturated rings. The van der Waals surface area contributed by atoms with Gasteiger partial charge in [0, 0.05) is 51.8 Å². The highest BCUT2D eigenvalue weighted by molar-refractivity contribution is 7.89. The van der Waals surface area contributed by atoms with Crippen molar-refractivity contribution in [3.05, 3.63) is 24.3 Å². The summed E-state index contributed by atoms with van der Waals surface area (Å²) in [5, 5.41) is 0. The van der Waals surface area contributed by atoms with Crippen LogP contribution in [0.15, 0.2) is 29.2 Å². The molecule has 0 unspecified atom stereocenters. The van der Waals surface area contributed by atoms with Crippen LogP contribution in [0, 0.1) is 5.92 Å². The van der Waals surface area contributed by atoms with Crippen LogP contribution in [0.25, 0.3) is 0 Å². The monoisotopic (exact) mass is 379 g/mol. The average Bonchev–Trinajstić information content (AvgIpc) is 3.07. The van der Waals surface area contributed by atoms with E-state index >= 15 is 0 Å². The molecule has 2 aliphatic heterocycles. The molecule has 2 amide bonds. The summed E-state index contributed by atoms with van der Waals surface area (Å²) in [6.45, 7) is 1.37. The first-order valence-corrected chi connectivity index (χ1v) is 10.4. The molecule has 1 aromatic rings. The lowest BCUT2D eigenvalue weighted by Crippen LogP contribution is -2.42. The highest BCUT2D eigenvalue weighted by Gasteiger charge is 2.32. The number of hydrogen-bond donors (Lipinski definition) is 0. The topological polar surface area (TPSA) is 78.0 Å². The molecule has 0 bridgehead atoms. The Kier molecular flexibility index (Phi) is 5.34. The average molecular weight is 379 g/mol. The third kappa shape index (κ3) is 3.61. The molecular weight excluding hydrogens is 354 g/mol. The minimum absolute atomic E-state index is 0.0571. The molecule has 142 valence electrons. The highest BCUT2D eigenvalue weighted by Crippen LogP contribution is 2.27. The zero-order chi connectivity index (χ0) is 18.9. The normalized spacial score (nSPS) is 19.8. The van der Waals surface area contributed by atoms with Crippen LogP contribution < -0.4 is 4.90 Å². The molecule has 2 saturated heterocycles. The molecular formula is C18H25N3O4S. The molecule has 0 atom stereocenters. The zero-order valence-electron chi connectivity index (χ0n) is 15.2. The molecule has 2 aliphatic rings. The van der Waals surface area contributed by atoms with E-state index in [-0.39, 0.29) is 22.6 Å². The summed E-state index contributed by atoms with van der Waals surface area (Å²) in [5.41, 5.74) is 0.738. The Morgan fingerprint density at radius 2 is 1.69 bits per heavy atom. The van der Waals surface area contributed by atoms with E-state index in [4.69, 9.17) is 0 Å². The second kappa shape index (κ2) is 7.36. The summed E-state index contributed by atoms with van der Waals surface area (Å²) in [6, 6.07) is 6.51. The number of benzene rings is 1. The van der Waals surface area contributed by atoms with Crippen LogP contribution in [0.2, 0.25) is 0 Å². The maximum Gasteiger partial charge on any atom is 0.243 e. The molecule has 8 heteroatoms. The fourth-order valence-corrected chi connectivity index (χ4v) is 5.05. The van der Waals surface area contributed by atoms with Gasteiger partial charge in [-0.25, -0.2) is 8.42 Å². The van der Waals surface area contributed by atoms with E-state index in [9.17, 15) is 18.0 Å². The smallest absolute Gasteiger partial charge is 0.243 e. The van der Waals surface area contributed by atoms with Crippen LogP contribution >= 0.6 is 0 Å². The molecule has 0 aliphatic carbocycles. The van der Waals surface area contributed by atoms with Gasteiger partial charge in [-0.2, -0.15) is 4.31 Å². The molecule has 3 rings (SSSR count). The number of carbonyl (C=O) groups excluding carboxylic acids is 2. The number of hydrogen-bond acceptors (Lipinski definition) is 4.